The fourth-order valence-electron chi connectivity index (χ4n) is 1.95. The molecule has 0 radical (unpaired) electrons. The van der Waals surface area contributed by atoms with Gasteiger partial charge < -0.3 is 0 Å². The van der Waals surface area contributed by atoms with Crippen molar-refractivity contribution < 1.29 is 4.79 Å². The summed E-state index contributed by atoms with van der Waals surface area (Å²) in [5, 5.41) is 3.47. The van der Waals surface area contributed by atoms with Crippen molar-refractivity contribution in [3.8, 4) is 0 Å². The molecule has 0 bridgehead atoms. The number of aromatic nitrogens is 2. The minimum Gasteiger partial charge on any atom is -0.296 e. The molecular weight excluding hydrogens is 314 g/mol. The van der Waals surface area contributed by atoms with Gasteiger partial charge in [0.15, 0.2) is 5.13 Å². The molecule has 92 valence electrons. The Kier molecular flexibility index (Phi) is 3.13. The monoisotopic (exact) mass is 323 g/mol. The zero-order chi connectivity index (χ0) is 12.5. The van der Waals surface area contributed by atoms with E-state index in [1.807, 2.05) is 0 Å². The maximum absolute atomic E-state index is 12.0. The van der Waals surface area contributed by atoms with E-state index in [0.717, 1.165) is 18.5 Å². The molecule has 1 amide bonds. The standard InChI is InChI=1S/C12H10BrN3OS/c13-7-3-2-6-14-10(7)11(17)16-12-15-8-4-1-5-9(8)18-12/h2-3,6H,1,4-5H2,(H,15,16,17). The van der Waals surface area contributed by atoms with Crippen molar-refractivity contribution in [2.24, 2.45) is 0 Å². The summed E-state index contributed by atoms with van der Waals surface area (Å²) in [7, 11) is 0. The van der Waals surface area contributed by atoms with Gasteiger partial charge in [-0.15, -0.1) is 11.3 Å². The Morgan fingerprint density at radius 3 is 3.11 bits per heavy atom. The van der Waals surface area contributed by atoms with Crippen LogP contribution >= 0.6 is 27.3 Å². The number of halogens is 1. The third-order valence-electron chi connectivity index (χ3n) is 2.79. The first-order chi connectivity index (χ1) is 8.74. The molecule has 0 atom stereocenters. The molecule has 0 aromatic carbocycles. The van der Waals surface area contributed by atoms with E-state index in [1.165, 1.54) is 11.3 Å². The number of pyridine rings is 1. The molecule has 0 saturated carbocycles. The lowest BCUT2D eigenvalue weighted by atomic mass is 10.3. The van der Waals surface area contributed by atoms with Gasteiger partial charge in [-0.25, -0.2) is 9.97 Å². The molecule has 1 N–H and O–H groups in total. The Morgan fingerprint density at radius 1 is 1.44 bits per heavy atom. The number of rotatable bonds is 2. The van der Waals surface area contributed by atoms with Gasteiger partial charge in [0.25, 0.3) is 5.91 Å². The number of amides is 1. The van der Waals surface area contributed by atoms with Crippen molar-refractivity contribution in [1.82, 2.24) is 9.97 Å². The largest absolute Gasteiger partial charge is 0.296 e. The lowest BCUT2D eigenvalue weighted by Gasteiger charge is -2.02. The molecule has 6 heteroatoms. The van der Waals surface area contributed by atoms with Crippen LogP contribution in [-0.2, 0) is 12.8 Å². The van der Waals surface area contributed by atoms with Crippen LogP contribution in [0.5, 0.6) is 0 Å². The molecule has 2 aromatic rings. The van der Waals surface area contributed by atoms with Crippen molar-refractivity contribution in [2.45, 2.75) is 19.3 Å². The lowest BCUT2D eigenvalue weighted by Crippen LogP contribution is -2.14. The highest BCUT2D eigenvalue weighted by Gasteiger charge is 2.19. The van der Waals surface area contributed by atoms with Gasteiger partial charge in [-0.2, -0.15) is 0 Å². The highest BCUT2D eigenvalue weighted by atomic mass is 79.9. The minimum absolute atomic E-state index is 0.227. The number of hydrogen-bond acceptors (Lipinski definition) is 4. The molecule has 0 spiro atoms. The Labute approximate surface area is 117 Å². The van der Waals surface area contributed by atoms with Crippen molar-refractivity contribution in [3.63, 3.8) is 0 Å². The second kappa shape index (κ2) is 4.78. The summed E-state index contributed by atoms with van der Waals surface area (Å²) >= 11 is 4.88. The van der Waals surface area contributed by atoms with Crippen LogP contribution in [0.1, 0.15) is 27.5 Å². The molecule has 0 fully saturated rings. The zero-order valence-corrected chi connectivity index (χ0v) is 11.8. The number of thiazole rings is 1. The van der Waals surface area contributed by atoms with Crippen molar-refractivity contribution in [3.05, 3.63) is 39.1 Å². The fourth-order valence-corrected chi connectivity index (χ4v) is 3.43. The summed E-state index contributed by atoms with van der Waals surface area (Å²) in [6, 6.07) is 3.57. The van der Waals surface area contributed by atoms with Crippen LogP contribution < -0.4 is 5.32 Å². The fraction of sp³-hybridized carbons (Fsp3) is 0.250. The van der Waals surface area contributed by atoms with Crippen LogP contribution in [-0.4, -0.2) is 15.9 Å². The number of fused-ring (bicyclic) bond motifs is 1. The SMILES string of the molecule is O=C(Nc1nc2c(s1)CCC2)c1ncccc1Br. The Morgan fingerprint density at radius 2 is 2.33 bits per heavy atom. The highest BCUT2D eigenvalue weighted by Crippen LogP contribution is 2.30. The van der Waals surface area contributed by atoms with Crippen molar-refractivity contribution in [2.75, 3.05) is 5.32 Å². The Balaban J connectivity index is 1.80. The summed E-state index contributed by atoms with van der Waals surface area (Å²) in [6.07, 6.45) is 4.88. The maximum atomic E-state index is 12.0. The number of anilines is 1. The molecule has 0 aliphatic heterocycles. The molecule has 4 nitrogen and oxygen atoms in total. The van der Waals surface area contributed by atoms with Crippen LogP contribution in [0.4, 0.5) is 5.13 Å². The van der Waals surface area contributed by atoms with Crippen LogP contribution in [0.2, 0.25) is 0 Å². The molecule has 3 rings (SSSR count). The van der Waals surface area contributed by atoms with E-state index in [4.69, 9.17) is 0 Å². The number of hydrogen-bond donors (Lipinski definition) is 1. The van der Waals surface area contributed by atoms with E-state index in [-0.39, 0.29) is 5.91 Å². The van der Waals surface area contributed by atoms with Gasteiger partial charge in [0.1, 0.15) is 5.69 Å². The summed E-state index contributed by atoms with van der Waals surface area (Å²) in [5.41, 5.74) is 1.52. The van der Waals surface area contributed by atoms with E-state index < -0.39 is 0 Å². The molecule has 0 saturated heterocycles. The van der Waals surface area contributed by atoms with Crippen molar-refractivity contribution in [1.29, 1.82) is 0 Å². The summed E-state index contributed by atoms with van der Waals surface area (Å²) in [5.74, 6) is -0.227. The number of aryl methyl sites for hydroxylation is 2. The van der Waals surface area contributed by atoms with Gasteiger partial charge in [0.2, 0.25) is 0 Å². The highest BCUT2D eigenvalue weighted by molar-refractivity contribution is 9.10. The predicted octanol–water partition coefficient (Wildman–Crippen LogP) is 3.04. The van der Waals surface area contributed by atoms with Crippen LogP contribution in [0.25, 0.3) is 0 Å². The third-order valence-corrected chi connectivity index (χ3v) is 4.50. The topological polar surface area (TPSA) is 54.9 Å². The van der Waals surface area contributed by atoms with E-state index in [1.54, 1.807) is 29.7 Å². The van der Waals surface area contributed by atoms with E-state index >= 15 is 0 Å². The minimum atomic E-state index is -0.227. The first-order valence-corrected chi connectivity index (χ1v) is 7.25. The summed E-state index contributed by atoms with van der Waals surface area (Å²) < 4.78 is 0.687. The molecule has 18 heavy (non-hydrogen) atoms. The second-order valence-electron chi connectivity index (χ2n) is 4.03. The molecule has 0 unspecified atom stereocenters. The van der Waals surface area contributed by atoms with Gasteiger partial charge >= 0.3 is 0 Å². The van der Waals surface area contributed by atoms with Gasteiger partial charge in [-0.05, 0) is 47.3 Å². The zero-order valence-electron chi connectivity index (χ0n) is 9.44. The molecule has 2 aromatic heterocycles. The number of nitrogens with zero attached hydrogens (tertiary/aromatic N) is 2. The normalized spacial score (nSPS) is 13.4. The number of carbonyl (C=O) groups is 1. The van der Waals surface area contributed by atoms with Gasteiger partial charge in [0.05, 0.1) is 5.69 Å². The Hall–Kier alpha value is -1.27. The quantitative estimate of drug-likeness (QED) is 0.924. The number of nitrogens with one attached hydrogen (secondary N) is 1. The second-order valence-corrected chi connectivity index (χ2v) is 5.97. The first-order valence-electron chi connectivity index (χ1n) is 5.64. The molecule has 1 aliphatic carbocycles. The van der Waals surface area contributed by atoms with Gasteiger partial charge in [0, 0.05) is 15.5 Å². The summed E-state index contributed by atoms with van der Waals surface area (Å²) in [4.78, 5) is 21.8. The van der Waals surface area contributed by atoms with Crippen LogP contribution in [0, 0.1) is 0 Å². The lowest BCUT2D eigenvalue weighted by molar-refractivity contribution is 0.102. The van der Waals surface area contributed by atoms with Gasteiger partial charge in [-0.3, -0.25) is 10.1 Å². The summed E-state index contributed by atoms with van der Waals surface area (Å²) in [6.45, 7) is 0. The third kappa shape index (κ3) is 2.18. The number of carbonyl (C=O) groups excluding carboxylic acids is 1. The van der Waals surface area contributed by atoms with Crippen molar-refractivity contribution >= 4 is 38.3 Å². The molecule has 1 aliphatic rings. The van der Waals surface area contributed by atoms with E-state index in [2.05, 4.69) is 31.2 Å². The molecule has 2 heterocycles. The van der Waals surface area contributed by atoms with E-state index in [9.17, 15) is 4.79 Å². The van der Waals surface area contributed by atoms with Crippen LogP contribution in [0.3, 0.4) is 0 Å². The Bertz CT molecular complexity index is 590. The maximum Gasteiger partial charge on any atom is 0.277 e. The first kappa shape index (κ1) is 11.8. The van der Waals surface area contributed by atoms with Crippen LogP contribution in [0.15, 0.2) is 22.8 Å². The average molecular weight is 324 g/mol. The predicted molar refractivity (Wildman–Crippen MR) is 74.0 cm³/mol. The molecular formula is C12H10BrN3OS. The average Bonchev–Trinajstić information content (AvgIpc) is 2.90. The smallest absolute Gasteiger partial charge is 0.277 e. The van der Waals surface area contributed by atoms with Gasteiger partial charge in [-0.1, -0.05) is 0 Å². The van der Waals surface area contributed by atoms with E-state index in [0.29, 0.717) is 15.3 Å².